The summed E-state index contributed by atoms with van der Waals surface area (Å²) in [5.41, 5.74) is 6.13. The Morgan fingerprint density at radius 2 is 1.80 bits per heavy atom. The molecule has 0 radical (unpaired) electrons. The molecule has 51 heavy (non-hydrogen) atoms. The second kappa shape index (κ2) is 16.2. The number of amides is 3. The minimum Gasteiger partial charge on any atom is -0.497 e. The topological polar surface area (TPSA) is 159 Å². The van der Waals surface area contributed by atoms with Crippen molar-refractivity contribution in [3.05, 3.63) is 40.5 Å². The van der Waals surface area contributed by atoms with Crippen LogP contribution in [-0.2, 0) is 25.5 Å². The van der Waals surface area contributed by atoms with E-state index in [1.54, 1.807) is 47.1 Å². The Kier molecular flexibility index (Phi) is 12.2. The van der Waals surface area contributed by atoms with Crippen LogP contribution in [0.2, 0.25) is 0 Å². The highest BCUT2D eigenvalue weighted by Gasteiger charge is 2.48. The number of fused-ring (bicyclic) bond motifs is 2. The van der Waals surface area contributed by atoms with E-state index in [0.717, 1.165) is 21.2 Å². The number of furan rings is 1. The van der Waals surface area contributed by atoms with E-state index in [4.69, 9.17) is 36.6 Å². The summed E-state index contributed by atoms with van der Waals surface area (Å²) in [6.07, 6.45) is 6.59. The average molecular weight is 740 g/mol. The van der Waals surface area contributed by atoms with Gasteiger partial charge in [0.2, 0.25) is 11.8 Å². The van der Waals surface area contributed by atoms with E-state index in [-0.39, 0.29) is 30.6 Å². The van der Waals surface area contributed by atoms with E-state index in [1.807, 2.05) is 18.2 Å². The number of ether oxygens (including phenoxy) is 3. The van der Waals surface area contributed by atoms with Crippen LogP contribution in [0.4, 0.5) is 4.79 Å². The third kappa shape index (κ3) is 9.54. The average Bonchev–Trinajstić information content (AvgIpc) is 3.85. The molecule has 1 aliphatic heterocycles. The number of carbonyl (C=O) groups excluding carboxylic acids is 4. The molecule has 13 heteroatoms. The molecule has 2 aliphatic carbocycles. The van der Waals surface area contributed by atoms with Gasteiger partial charge in [-0.1, -0.05) is 37.3 Å². The Balaban J connectivity index is 1.33. The van der Waals surface area contributed by atoms with Gasteiger partial charge in [0, 0.05) is 18.2 Å². The molecule has 2 aromatic rings. The van der Waals surface area contributed by atoms with Crippen LogP contribution >= 0.6 is 24.0 Å². The van der Waals surface area contributed by atoms with E-state index in [1.165, 1.54) is 37.4 Å². The number of primary amides is 1. The highest BCUT2D eigenvalue weighted by molar-refractivity contribution is 8.27. The van der Waals surface area contributed by atoms with Crippen molar-refractivity contribution in [1.29, 1.82) is 0 Å². The molecule has 6 unspecified atom stereocenters. The molecule has 3 fully saturated rings. The summed E-state index contributed by atoms with van der Waals surface area (Å²) >= 11 is 7.19. The van der Waals surface area contributed by atoms with Crippen LogP contribution in [0.3, 0.4) is 0 Å². The molecule has 276 valence electrons. The Morgan fingerprint density at radius 3 is 2.39 bits per heavy atom. The van der Waals surface area contributed by atoms with Crippen molar-refractivity contribution in [2.24, 2.45) is 35.3 Å². The standard InChI is InChI=1S/C38H49N3O8S2/c1-20(27-13-21-9-10-22(27)12-21)33-34(43)31(51-36(33)50)19-30-23(16-29(48-30)24-14-25(46-5)17-26(15-24)47-6)8-7-11-40-35(44)28(18-32(39)42)41-37(45)49-38(2,3)4/h14-17,19-22,27-28,33H,7-13,18H2,1-6H3,(H2,39,42)(H,40,44)(H,41,45). The molecule has 11 nitrogen and oxygen atoms in total. The van der Waals surface area contributed by atoms with Crippen LogP contribution in [0, 0.1) is 29.6 Å². The number of methoxy groups -OCH3 is 2. The lowest BCUT2D eigenvalue weighted by atomic mass is 9.73. The molecular weight excluding hydrogens is 691 g/mol. The quantitative estimate of drug-likeness (QED) is 0.112. The number of benzene rings is 1. The molecular formula is C38H49N3O8S2. The summed E-state index contributed by atoms with van der Waals surface area (Å²) in [6.45, 7) is 7.51. The fourth-order valence-electron chi connectivity index (χ4n) is 7.67. The van der Waals surface area contributed by atoms with Crippen LogP contribution < -0.4 is 25.8 Å². The van der Waals surface area contributed by atoms with E-state index in [2.05, 4.69) is 17.6 Å². The van der Waals surface area contributed by atoms with Gasteiger partial charge in [-0.3, -0.25) is 14.4 Å². The first-order valence-electron chi connectivity index (χ1n) is 17.5. The first kappa shape index (κ1) is 38.4. The lowest BCUT2D eigenvalue weighted by Crippen LogP contribution is -2.50. The lowest BCUT2D eigenvalue weighted by Gasteiger charge is -2.30. The summed E-state index contributed by atoms with van der Waals surface area (Å²) < 4.78 is 23.3. The molecule has 0 spiro atoms. The lowest BCUT2D eigenvalue weighted by molar-refractivity contribution is -0.127. The number of thioether (sulfide) groups is 1. The minimum atomic E-state index is -1.19. The largest absolute Gasteiger partial charge is 0.497 e. The Hall–Kier alpha value is -3.84. The first-order valence-corrected chi connectivity index (χ1v) is 18.8. The number of rotatable bonds is 14. The molecule has 6 atom stereocenters. The Labute approximate surface area is 309 Å². The predicted molar refractivity (Wildman–Crippen MR) is 200 cm³/mol. The van der Waals surface area contributed by atoms with Gasteiger partial charge < -0.3 is 35.0 Å². The van der Waals surface area contributed by atoms with Crippen molar-refractivity contribution in [3.63, 3.8) is 0 Å². The Bertz CT molecular complexity index is 1670. The van der Waals surface area contributed by atoms with Gasteiger partial charge in [0.15, 0.2) is 5.78 Å². The van der Waals surface area contributed by atoms with Crippen LogP contribution in [0.25, 0.3) is 17.4 Å². The van der Waals surface area contributed by atoms with Crippen molar-refractivity contribution in [2.45, 2.75) is 84.3 Å². The van der Waals surface area contributed by atoms with Crippen LogP contribution in [0.1, 0.15) is 77.5 Å². The number of nitrogens with one attached hydrogen (secondary N) is 2. The van der Waals surface area contributed by atoms with E-state index in [0.29, 0.717) is 52.6 Å². The highest BCUT2D eigenvalue weighted by atomic mass is 32.2. The zero-order valence-corrected chi connectivity index (χ0v) is 31.8. The molecule has 4 N–H and O–H groups in total. The molecule has 2 bridgehead atoms. The van der Waals surface area contributed by atoms with Gasteiger partial charge in [-0.2, -0.15) is 0 Å². The van der Waals surface area contributed by atoms with Crippen LogP contribution in [0.5, 0.6) is 11.5 Å². The molecule has 3 aliphatic rings. The van der Waals surface area contributed by atoms with Crippen molar-refractivity contribution in [1.82, 2.24) is 10.6 Å². The van der Waals surface area contributed by atoms with Gasteiger partial charge in [0.25, 0.3) is 0 Å². The second-order valence-electron chi connectivity index (χ2n) is 14.8. The SMILES string of the molecule is COc1cc(OC)cc(-c2cc(CCCNC(=O)C(CC(N)=O)NC(=O)OC(C)(C)C)c(C=C3SC(=S)C(C(C)C4CC5CCC4C5)C3=O)o2)c1. The number of Topliss-reactive ketones (excluding diaryl/α,β-unsaturated/α-hetero) is 1. The maximum atomic E-state index is 13.9. The molecule has 2 saturated carbocycles. The third-order valence-electron chi connectivity index (χ3n) is 10.1. The van der Waals surface area contributed by atoms with Gasteiger partial charge in [-0.05, 0) is 106 Å². The highest BCUT2D eigenvalue weighted by Crippen LogP contribution is 2.54. The van der Waals surface area contributed by atoms with Gasteiger partial charge >= 0.3 is 6.09 Å². The smallest absolute Gasteiger partial charge is 0.408 e. The fourth-order valence-corrected chi connectivity index (χ4v) is 9.32. The second-order valence-corrected chi connectivity index (χ2v) is 16.6. The number of allylic oxidation sites excluding steroid dienone is 1. The van der Waals surface area contributed by atoms with E-state index < -0.39 is 29.6 Å². The van der Waals surface area contributed by atoms with Gasteiger partial charge in [0.1, 0.15) is 34.7 Å². The van der Waals surface area contributed by atoms with Crippen LogP contribution in [-0.4, -0.2) is 60.3 Å². The fraction of sp³-hybridized carbons (Fsp3) is 0.553. The zero-order valence-electron chi connectivity index (χ0n) is 30.2. The maximum absolute atomic E-state index is 13.9. The van der Waals surface area contributed by atoms with Gasteiger partial charge in [-0.25, -0.2) is 4.79 Å². The minimum absolute atomic E-state index is 0.0532. The normalized spacial score (nSPS) is 23.3. The van der Waals surface area contributed by atoms with Crippen LogP contribution in [0.15, 0.2) is 33.6 Å². The van der Waals surface area contributed by atoms with Crippen molar-refractivity contribution >= 4 is 57.9 Å². The van der Waals surface area contributed by atoms with Gasteiger partial charge in [0.05, 0.1) is 35.7 Å². The molecule has 1 saturated heterocycles. The van der Waals surface area contributed by atoms with Crippen molar-refractivity contribution in [3.8, 4) is 22.8 Å². The molecule has 3 amide bonds. The molecule has 1 aromatic carbocycles. The summed E-state index contributed by atoms with van der Waals surface area (Å²) in [7, 11) is 3.15. The number of aryl methyl sites for hydroxylation is 1. The number of alkyl carbamates (subject to hydrolysis) is 1. The monoisotopic (exact) mass is 739 g/mol. The number of ketones is 1. The third-order valence-corrected chi connectivity index (χ3v) is 11.6. The predicted octanol–water partition coefficient (Wildman–Crippen LogP) is 6.45. The number of nitrogens with two attached hydrogens (primary N) is 1. The summed E-state index contributed by atoms with van der Waals surface area (Å²) in [4.78, 5) is 51.5. The molecule has 1 aromatic heterocycles. The number of thiocarbonyl (C=S) groups is 1. The maximum Gasteiger partial charge on any atom is 0.408 e. The van der Waals surface area contributed by atoms with Gasteiger partial charge in [-0.15, -0.1) is 0 Å². The number of carbonyl (C=O) groups is 4. The summed E-state index contributed by atoms with van der Waals surface area (Å²) in [5, 5.41) is 5.22. The summed E-state index contributed by atoms with van der Waals surface area (Å²) in [6, 6.07) is 6.19. The number of hydrogen-bond donors (Lipinski definition) is 3. The van der Waals surface area contributed by atoms with Crippen molar-refractivity contribution in [2.75, 3.05) is 20.8 Å². The Morgan fingerprint density at radius 1 is 1.10 bits per heavy atom. The van der Waals surface area contributed by atoms with E-state index >= 15 is 0 Å². The van der Waals surface area contributed by atoms with E-state index in [9.17, 15) is 19.2 Å². The van der Waals surface area contributed by atoms with Crippen molar-refractivity contribution < 1.29 is 37.8 Å². The zero-order chi connectivity index (χ0) is 37.0. The molecule has 5 rings (SSSR count). The number of hydrogen-bond acceptors (Lipinski definition) is 10. The molecule has 2 heterocycles. The first-order chi connectivity index (χ1) is 24.1. The summed E-state index contributed by atoms with van der Waals surface area (Å²) in [5.74, 6) is 2.95.